The fraction of sp³-hybridized carbons (Fsp3) is 0.227. The zero-order valence-corrected chi connectivity index (χ0v) is 15.6. The number of ether oxygens (including phenoxy) is 2. The van der Waals surface area contributed by atoms with E-state index >= 15 is 0 Å². The summed E-state index contributed by atoms with van der Waals surface area (Å²) in [7, 11) is 1.62. The molecule has 6 heteroatoms. The Morgan fingerprint density at radius 2 is 2.00 bits per heavy atom. The third-order valence-corrected chi connectivity index (χ3v) is 5.16. The van der Waals surface area contributed by atoms with Gasteiger partial charge in [-0.2, -0.15) is 5.10 Å². The van der Waals surface area contributed by atoms with Crippen LogP contribution in [-0.2, 0) is 0 Å². The van der Waals surface area contributed by atoms with Crippen LogP contribution in [0, 0.1) is 12.7 Å². The SMILES string of the molecule is COc1cccc2c1OC(c1cccc(F)c1)N1N=C(c3ccc(C)o3)CC21. The van der Waals surface area contributed by atoms with Gasteiger partial charge in [-0.15, -0.1) is 0 Å². The summed E-state index contributed by atoms with van der Waals surface area (Å²) >= 11 is 0. The van der Waals surface area contributed by atoms with Crippen molar-refractivity contribution >= 4 is 5.71 Å². The number of fused-ring (bicyclic) bond motifs is 3. The molecule has 0 bridgehead atoms. The molecule has 2 unspecified atom stereocenters. The molecule has 0 fully saturated rings. The van der Waals surface area contributed by atoms with Crippen molar-refractivity contribution in [2.75, 3.05) is 7.11 Å². The predicted molar refractivity (Wildman–Crippen MR) is 102 cm³/mol. The molecule has 5 rings (SSSR count). The molecule has 0 saturated heterocycles. The molecule has 0 N–H and O–H groups in total. The number of hydrogen-bond acceptors (Lipinski definition) is 5. The van der Waals surface area contributed by atoms with Crippen LogP contribution in [-0.4, -0.2) is 17.8 Å². The van der Waals surface area contributed by atoms with Crippen LogP contribution in [0.15, 0.2) is 64.1 Å². The molecule has 2 aliphatic heterocycles. The lowest BCUT2D eigenvalue weighted by molar-refractivity contribution is -0.0210. The minimum absolute atomic E-state index is 0.0486. The lowest BCUT2D eigenvalue weighted by atomic mass is 9.97. The lowest BCUT2D eigenvalue weighted by Crippen LogP contribution is -2.34. The summed E-state index contributed by atoms with van der Waals surface area (Å²) in [6, 6.07) is 16.0. The zero-order chi connectivity index (χ0) is 19.3. The first-order valence-corrected chi connectivity index (χ1v) is 9.15. The molecule has 3 heterocycles. The van der Waals surface area contributed by atoms with E-state index in [0.29, 0.717) is 23.5 Å². The van der Waals surface area contributed by atoms with Crippen LogP contribution in [0.2, 0.25) is 0 Å². The Kier molecular flexibility index (Phi) is 3.86. The third-order valence-electron chi connectivity index (χ3n) is 5.16. The van der Waals surface area contributed by atoms with Crippen molar-refractivity contribution in [2.45, 2.75) is 25.6 Å². The highest BCUT2D eigenvalue weighted by Gasteiger charge is 2.42. The number of nitrogens with zero attached hydrogens (tertiary/aromatic N) is 2. The van der Waals surface area contributed by atoms with Gasteiger partial charge in [0, 0.05) is 17.5 Å². The molecule has 2 aromatic carbocycles. The smallest absolute Gasteiger partial charge is 0.214 e. The minimum atomic E-state index is -0.557. The first kappa shape index (κ1) is 16.9. The van der Waals surface area contributed by atoms with Gasteiger partial charge in [-0.05, 0) is 37.3 Å². The Morgan fingerprint density at radius 3 is 2.75 bits per heavy atom. The van der Waals surface area contributed by atoms with Gasteiger partial charge in [-0.1, -0.05) is 24.3 Å². The van der Waals surface area contributed by atoms with E-state index in [-0.39, 0.29) is 11.9 Å². The van der Waals surface area contributed by atoms with E-state index in [1.165, 1.54) is 12.1 Å². The van der Waals surface area contributed by atoms with E-state index in [0.717, 1.165) is 22.8 Å². The highest BCUT2D eigenvalue weighted by Crippen LogP contribution is 2.50. The van der Waals surface area contributed by atoms with Gasteiger partial charge in [0.1, 0.15) is 23.0 Å². The summed E-state index contributed by atoms with van der Waals surface area (Å²) in [5, 5.41) is 6.70. The fourth-order valence-electron chi connectivity index (χ4n) is 3.86. The molecule has 0 saturated carbocycles. The monoisotopic (exact) mass is 378 g/mol. The molecule has 2 atom stereocenters. The maximum absolute atomic E-state index is 13.9. The Labute approximate surface area is 162 Å². The number of aryl methyl sites for hydroxylation is 1. The highest BCUT2D eigenvalue weighted by molar-refractivity contribution is 5.99. The second kappa shape index (κ2) is 6.41. The van der Waals surface area contributed by atoms with Crippen molar-refractivity contribution in [3.05, 3.63) is 83.1 Å². The summed E-state index contributed by atoms with van der Waals surface area (Å²) in [5.74, 6) is 2.60. The van der Waals surface area contributed by atoms with Crippen LogP contribution in [0.1, 0.15) is 41.3 Å². The molecule has 28 heavy (non-hydrogen) atoms. The summed E-state index contributed by atoms with van der Waals surface area (Å²) in [6.45, 7) is 1.91. The molecule has 1 aromatic heterocycles. The number of halogens is 1. The van der Waals surface area contributed by atoms with Crippen LogP contribution in [0.4, 0.5) is 4.39 Å². The van der Waals surface area contributed by atoms with Gasteiger partial charge >= 0.3 is 0 Å². The normalized spacial score (nSPS) is 20.2. The number of rotatable bonds is 3. The first-order chi connectivity index (χ1) is 13.6. The van der Waals surface area contributed by atoms with Gasteiger partial charge in [0.05, 0.1) is 13.2 Å². The summed E-state index contributed by atoms with van der Waals surface area (Å²) in [6.07, 6.45) is 0.112. The van der Waals surface area contributed by atoms with Crippen LogP contribution in [0.25, 0.3) is 0 Å². The Morgan fingerprint density at radius 1 is 1.14 bits per heavy atom. The van der Waals surface area contributed by atoms with Crippen molar-refractivity contribution in [3.8, 4) is 11.5 Å². The van der Waals surface area contributed by atoms with E-state index in [4.69, 9.17) is 19.0 Å². The molecule has 0 spiro atoms. The van der Waals surface area contributed by atoms with Crippen molar-refractivity contribution in [1.82, 2.24) is 5.01 Å². The predicted octanol–water partition coefficient (Wildman–Crippen LogP) is 4.98. The number of methoxy groups -OCH3 is 1. The van der Waals surface area contributed by atoms with Crippen molar-refractivity contribution in [1.29, 1.82) is 0 Å². The number of para-hydroxylation sites is 1. The molecule has 0 aliphatic carbocycles. The van der Waals surface area contributed by atoms with Gasteiger partial charge in [0.25, 0.3) is 0 Å². The van der Waals surface area contributed by atoms with Crippen LogP contribution < -0.4 is 9.47 Å². The van der Waals surface area contributed by atoms with Gasteiger partial charge < -0.3 is 13.9 Å². The molecular formula is C22H19FN2O3. The van der Waals surface area contributed by atoms with Crippen molar-refractivity contribution in [2.24, 2.45) is 5.10 Å². The molecular weight excluding hydrogens is 359 g/mol. The maximum Gasteiger partial charge on any atom is 0.214 e. The number of furan rings is 1. The molecule has 2 aliphatic rings. The highest BCUT2D eigenvalue weighted by atomic mass is 19.1. The number of hydrogen-bond donors (Lipinski definition) is 0. The number of benzene rings is 2. The zero-order valence-electron chi connectivity index (χ0n) is 15.6. The second-order valence-corrected chi connectivity index (χ2v) is 6.96. The Hall–Kier alpha value is -3.28. The molecule has 0 radical (unpaired) electrons. The first-order valence-electron chi connectivity index (χ1n) is 9.15. The van der Waals surface area contributed by atoms with Crippen LogP contribution in [0.5, 0.6) is 11.5 Å². The van der Waals surface area contributed by atoms with Crippen LogP contribution in [0.3, 0.4) is 0 Å². The summed E-state index contributed by atoms with van der Waals surface area (Å²) < 4.78 is 31.5. The molecule has 3 aromatic rings. The van der Waals surface area contributed by atoms with E-state index in [2.05, 4.69) is 0 Å². The topological polar surface area (TPSA) is 47.2 Å². The van der Waals surface area contributed by atoms with E-state index in [1.54, 1.807) is 13.2 Å². The molecule has 5 nitrogen and oxygen atoms in total. The van der Waals surface area contributed by atoms with Gasteiger partial charge in [0.15, 0.2) is 11.5 Å². The van der Waals surface area contributed by atoms with Gasteiger partial charge in [-0.25, -0.2) is 9.40 Å². The van der Waals surface area contributed by atoms with Gasteiger partial charge in [-0.3, -0.25) is 0 Å². The van der Waals surface area contributed by atoms with E-state index in [1.807, 2.05) is 48.3 Å². The van der Waals surface area contributed by atoms with Crippen LogP contribution >= 0.6 is 0 Å². The van der Waals surface area contributed by atoms with Crippen molar-refractivity contribution in [3.63, 3.8) is 0 Å². The minimum Gasteiger partial charge on any atom is -0.493 e. The largest absolute Gasteiger partial charge is 0.493 e. The quantitative estimate of drug-likeness (QED) is 0.645. The Balaban J connectivity index is 1.63. The second-order valence-electron chi connectivity index (χ2n) is 6.96. The third kappa shape index (κ3) is 2.64. The molecule has 0 amide bonds. The average molecular weight is 378 g/mol. The fourth-order valence-corrected chi connectivity index (χ4v) is 3.86. The lowest BCUT2D eigenvalue weighted by Gasteiger charge is -2.38. The summed E-state index contributed by atoms with van der Waals surface area (Å²) in [4.78, 5) is 0. The molecule has 142 valence electrons. The standard InChI is InChI=1S/C22H19FN2O3/c1-13-9-10-19(27-13)17-12-18-16-7-4-8-20(26-2)21(16)28-22(25(18)24-17)14-5-3-6-15(23)11-14/h3-11,18,22H,12H2,1-2H3. The summed E-state index contributed by atoms with van der Waals surface area (Å²) in [5.41, 5.74) is 2.54. The Bertz CT molecular complexity index is 1080. The van der Waals surface area contributed by atoms with E-state index < -0.39 is 6.23 Å². The number of hydrazone groups is 1. The average Bonchev–Trinajstić information content (AvgIpc) is 3.33. The van der Waals surface area contributed by atoms with E-state index in [9.17, 15) is 4.39 Å². The van der Waals surface area contributed by atoms with Gasteiger partial charge in [0.2, 0.25) is 6.23 Å². The van der Waals surface area contributed by atoms with Crippen molar-refractivity contribution < 1.29 is 18.3 Å². The maximum atomic E-state index is 13.9.